The predicted molar refractivity (Wildman–Crippen MR) is 84.7 cm³/mol. The number of para-hydroxylation sites is 1. The molecular formula is C15H11Cl2NOS. The Labute approximate surface area is 130 Å². The molecule has 1 heterocycles. The molecule has 1 unspecified atom stereocenters. The molecule has 3 rings (SSSR count). The zero-order valence-corrected chi connectivity index (χ0v) is 12.7. The maximum atomic E-state index is 10.3. The third-order valence-corrected chi connectivity index (χ3v) is 4.65. The third-order valence-electron chi connectivity index (χ3n) is 3.03. The minimum absolute atomic E-state index is 0.445. The largest absolute Gasteiger partial charge is 0.388 e. The standard InChI is InChI=1S/C15H11Cl2NOS/c16-9-5-6-10(11(17)7-9)13(19)8-15-18-12-3-1-2-4-14(12)20-15/h1-7,13,19H,8H2. The molecule has 2 nitrogen and oxygen atoms in total. The molecule has 5 heteroatoms. The van der Waals surface area contributed by atoms with Crippen molar-refractivity contribution in [3.63, 3.8) is 0 Å². The Morgan fingerprint density at radius 2 is 1.95 bits per heavy atom. The minimum Gasteiger partial charge on any atom is -0.388 e. The van der Waals surface area contributed by atoms with E-state index in [-0.39, 0.29) is 0 Å². The van der Waals surface area contributed by atoms with E-state index in [0.717, 1.165) is 15.2 Å². The molecule has 2 aromatic carbocycles. The van der Waals surface area contributed by atoms with Gasteiger partial charge in [-0.25, -0.2) is 4.98 Å². The summed E-state index contributed by atoms with van der Waals surface area (Å²) in [5, 5.41) is 12.2. The van der Waals surface area contributed by atoms with Crippen LogP contribution in [-0.4, -0.2) is 10.1 Å². The zero-order chi connectivity index (χ0) is 14.1. The highest BCUT2D eigenvalue weighted by Crippen LogP contribution is 2.30. The molecular weight excluding hydrogens is 313 g/mol. The van der Waals surface area contributed by atoms with Crippen molar-refractivity contribution in [3.8, 4) is 0 Å². The lowest BCUT2D eigenvalue weighted by Gasteiger charge is -2.11. The molecule has 0 amide bonds. The number of hydrogen-bond donors (Lipinski definition) is 1. The molecule has 20 heavy (non-hydrogen) atoms. The monoisotopic (exact) mass is 323 g/mol. The summed E-state index contributed by atoms with van der Waals surface area (Å²) < 4.78 is 1.12. The van der Waals surface area contributed by atoms with Crippen LogP contribution in [0.15, 0.2) is 42.5 Å². The fourth-order valence-corrected chi connectivity index (χ4v) is 3.59. The quantitative estimate of drug-likeness (QED) is 0.745. The van der Waals surface area contributed by atoms with Crippen molar-refractivity contribution in [2.45, 2.75) is 12.5 Å². The summed E-state index contributed by atoms with van der Waals surface area (Å²) in [5.74, 6) is 0. The number of aliphatic hydroxyl groups excluding tert-OH is 1. The molecule has 0 bridgehead atoms. The summed E-state index contributed by atoms with van der Waals surface area (Å²) in [6.45, 7) is 0. The minimum atomic E-state index is -0.680. The highest BCUT2D eigenvalue weighted by atomic mass is 35.5. The Balaban J connectivity index is 1.86. The number of halogens is 2. The maximum Gasteiger partial charge on any atom is 0.0967 e. The third kappa shape index (κ3) is 2.81. The molecule has 0 saturated carbocycles. The highest BCUT2D eigenvalue weighted by molar-refractivity contribution is 7.18. The number of aromatic nitrogens is 1. The van der Waals surface area contributed by atoms with E-state index in [1.54, 1.807) is 29.5 Å². The Bertz CT molecular complexity index is 723. The van der Waals surface area contributed by atoms with Crippen LogP contribution >= 0.6 is 34.5 Å². The molecule has 0 radical (unpaired) electrons. The first kappa shape index (κ1) is 13.8. The first-order valence-corrected chi connectivity index (χ1v) is 7.68. The maximum absolute atomic E-state index is 10.3. The van der Waals surface area contributed by atoms with Gasteiger partial charge in [-0.1, -0.05) is 41.4 Å². The van der Waals surface area contributed by atoms with Gasteiger partial charge in [0.05, 0.1) is 21.3 Å². The van der Waals surface area contributed by atoms with Crippen molar-refractivity contribution in [1.82, 2.24) is 4.98 Å². The van der Waals surface area contributed by atoms with Gasteiger partial charge in [0.1, 0.15) is 0 Å². The molecule has 0 aliphatic rings. The van der Waals surface area contributed by atoms with Gasteiger partial charge in [0.25, 0.3) is 0 Å². The summed E-state index contributed by atoms with van der Waals surface area (Å²) in [5.41, 5.74) is 1.64. The first-order chi connectivity index (χ1) is 9.63. The normalized spacial score (nSPS) is 12.8. The summed E-state index contributed by atoms with van der Waals surface area (Å²) >= 11 is 13.6. The van der Waals surface area contributed by atoms with Crippen LogP contribution in [0, 0.1) is 0 Å². The van der Waals surface area contributed by atoms with E-state index >= 15 is 0 Å². The lowest BCUT2D eigenvalue weighted by atomic mass is 10.1. The highest BCUT2D eigenvalue weighted by Gasteiger charge is 2.15. The van der Waals surface area contributed by atoms with Crippen LogP contribution in [0.2, 0.25) is 10.0 Å². The second-order valence-electron chi connectivity index (χ2n) is 4.46. The summed E-state index contributed by atoms with van der Waals surface area (Å²) in [4.78, 5) is 4.51. The fourth-order valence-electron chi connectivity index (χ4n) is 2.05. The average Bonchev–Trinajstić information content (AvgIpc) is 2.80. The lowest BCUT2D eigenvalue weighted by molar-refractivity contribution is 0.178. The molecule has 1 aromatic heterocycles. The molecule has 0 aliphatic heterocycles. The van der Waals surface area contributed by atoms with Crippen molar-refractivity contribution in [3.05, 3.63) is 63.1 Å². The molecule has 0 fully saturated rings. The summed E-state index contributed by atoms with van der Waals surface area (Å²) in [6, 6.07) is 13.1. The fraction of sp³-hybridized carbons (Fsp3) is 0.133. The van der Waals surface area contributed by atoms with Crippen LogP contribution in [0.4, 0.5) is 0 Å². The van der Waals surface area contributed by atoms with E-state index in [2.05, 4.69) is 4.98 Å². The van der Waals surface area contributed by atoms with Gasteiger partial charge in [-0.05, 0) is 29.8 Å². The smallest absolute Gasteiger partial charge is 0.0967 e. The number of benzene rings is 2. The van der Waals surface area contributed by atoms with Gasteiger partial charge >= 0.3 is 0 Å². The number of thiazole rings is 1. The van der Waals surface area contributed by atoms with Gasteiger partial charge < -0.3 is 5.11 Å². The number of nitrogens with zero attached hydrogens (tertiary/aromatic N) is 1. The Kier molecular flexibility index (Phi) is 3.94. The van der Waals surface area contributed by atoms with Crippen LogP contribution in [0.25, 0.3) is 10.2 Å². The van der Waals surface area contributed by atoms with Crippen molar-refractivity contribution < 1.29 is 5.11 Å². The van der Waals surface area contributed by atoms with Crippen LogP contribution in [0.1, 0.15) is 16.7 Å². The summed E-state index contributed by atoms with van der Waals surface area (Å²) in [6.07, 6.45) is -0.235. The van der Waals surface area contributed by atoms with Crippen LogP contribution < -0.4 is 0 Å². The van der Waals surface area contributed by atoms with Crippen LogP contribution in [-0.2, 0) is 6.42 Å². The van der Waals surface area contributed by atoms with Gasteiger partial charge in [0.15, 0.2) is 0 Å². The van der Waals surface area contributed by atoms with Crippen molar-refractivity contribution in [2.24, 2.45) is 0 Å². The zero-order valence-electron chi connectivity index (χ0n) is 10.4. The number of rotatable bonds is 3. The van der Waals surface area contributed by atoms with E-state index in [1.165, 1.54) is 0 Å². The first-order valence-electron chi connectivity index (χ1n) is 6.11. The molecule has 0 spiro atoms. The molecule has 3 aromatic rings. The van der Waals surface area contributed by atoms with Crippen molar-refractivity contribution in [2.75, 3.05) is 0 Å². The topological polar surface area (TPSA) is 33.1 Å². The van der Waals surface area contributed by atoms with E-state index in [0.29, 0.717) is 22.0 Å². The molecule has 1 N–H and O–H groups in total. The second-order valence-corrected chi connectivity index (χ2v) is 6.42. The second kappa shape index (κ2) is 5.70. The Morgan fingerprint density at radius 1 is 1.15 bits per heavy atom. The van der Waals surface area contributed by atoms with Gasteiger partial charge in [-0.3, -0.25) is 0 Å². The van der Waals surface area contributed by atoms with Gasteiger partial charge in [0.2, 0.25) is 0 Å². The number of hydrogen-bond acceptors (Lipinski definition) is 3. The number of aliphatic hydroxyl groups is 1. The molecule has 1 atom stereocenters. The molecule has 102 valence electrons. The van der Waals surface area contributed by atoms with Gasteiger partial charge in [0, 0.05) is 16.5 Å². The lowest BCUT2D eigenvalue weighted by Crippen LogP contribution is -2.02. The van der Waals surface area contributed by atoms with Crippen LogP contribution in [0.3, 0.4) is 0 Å². The van der Waals surface area contributed by atoms with Crippen molar-refractivity contribution >= 4 is 44.8 Å². The average molecular weight is 324 g/mol. The van der Waals surface area contributed by atoms with Crippen molar-refractivity contribution in [1.29, 1.82) is 0 Å². The Hall–Kier alpha value is -1.13. The van der Waals surface area contributed by atoms with Gasteiger partial charge in [-0.15, -0.1) is 11.3 Å². The Morgan fingerprint density at radius 3 is 2.70 bits per heavy atom. The van der Waals surface area contributed by atoms with E-state index in [1.807, 2.05) is 24.3 Å². The predicted octanol–water partition coefficient (Wildman–Crippen LogP) is 4.88. The van der Waals surface area contributed by atoms with E-state index in [4.69, 9.17) is 23.2 Å². The van der Waals surface area contributed by atoms with Gasteiger partial charge in [-0.2, -0.15) is 0 Å². The molecule has 0 aliphatic carbocycles. The van der Waals surface area contributed by atoms with Crippen LogP contribution in [0.5, 0.6) is 0 Å². The van der Waals surface area contributed by atoms with E-state index in [9.17, 15) is 5.11 Å². The SMILES string of the molecule is OC(Cc1nc2ccccc2s1)c1ccc(Cl)cc1Cl. The number of fused-ring (bicyclic) bond motifs is 1. The molecule has 0 saturated heterocycles. The van der Waals surface area contributed by atoms with E-state index < -0.39 is 6.10 Å². The summed E-state index contributed by atoms with van der Waals surface area (Å²) in [7, 11) is 0.